The van der Waals surface area contributed by atoms with Gasteiger partial charge in [-0.3, -0.25) is 9.79 Å². The second-order valence-corrected chi connectivity index (χ2v) is 11.0. The minimum absolute atomic E-state index is 0.0220. The number of carbonyl (C=O) groups excluding carboxylic acids is 1. The van der Waals surface area contributed by atoms with Crippen LogP contribution >= 0.6 is 0 Å². The number of nitrogens with zero attached hydrogens (tertiary/aromatic N) is 3. The summed E-state index contributed by atoms with van der Waals surface area (Å²) >= 11 is 0. The van der Waals surface area contributed by atoms with Gasteiger partial charge in [0.05, 0.1) is 11.0 Å². The molecule has 34 heavy (non-hydrogen) atoms. The van der Waals surface area contributed by atoms with Crippen molar-refractivity contribution >= 4 is 22.9 Å². The lowest BCUT2D eigenvalue weighted by Crippen LogP contribution is -2.55. The van der Waals surface area contributed by atoms with Gasteiger partial charge in [-0.05, 0) is 76.3 Å². The zero-order valence-electron chi connectivity index (χ0n) is 20.0. The fourth-order valence-corrected chi connectivity index (χ4v) is 7.40. The molecule has 5 aliphatic rings. The van der Waals surface area contributed by atoms with E-state index in [1.54, 1.807) is 5.57 Å². The van der Waals surface area contributed by atoms with Gasteiger partial charge in [0.25, 0.3) is 5.91 Å². The van der Waals surface area contributed by atoms with E-state index in [1.807, 2.05) is 6.07 Å². The summed E-state index contributed by atoms with van der Waals surface area (Å²) in [5, 5.41) is 15.1. The summed E-state index contributed by atoms with van der Waals surface area (Å²) in [5.74, 6) is -0.179. The lowest BCUT2D eigenvalue weighted by atomic mass is 9.70. The largest absolute Gasteiger partial charge is 0.382 e. The molecule has 6 rings (SSSR count). The number of benzene rings is 1. The van der Waals surface area contributed by atoms with E-state index in [1.165, 1.54) is 63.5 Å². The number of allylic oxidation sites excluding steroid dienone is 2. The number of rotatable bonds is 3. The van der Waals surface area contributed by atoms with Crippen LogP contribution in [0.15, 0.2) is 28.4 Å². The van der Waals surface area contributed by atoms with Crippen LogP contribution in [0.3, 0.4) is 0 Å². The molecule has 2 saturated carbocycles. The van der Waals surface area contributed by atoms with E-state index in [2.05, 4.69) is 22.4 Å². The summed E-state index contributed by atoms with van der Waals surface area (Å²) in [6.45, 7) is 0. The normalized spacial score (nSPS) is 29.1. The molecule has 2 heterocycles. The minimum atomic E-state index is -0.671. The van der Waals surface area contributed by atoms with Crippen molar-refractivity contribution in [1.82, 2.24) is 0 Å². The van der Waals surface area contributed by atoms with Gasteiger partial charge in [-0.15, -0.1) is 0 Å². The molecule has 2 fully saturated rings. The van der Waals surface area contributed by atoms with Crippen molar-refractivity contribution in [2.75, 3.05) is 10.2 Å². The predicted octanol–water partition coefficient (Wildman–Crippen LogP) is 4.15. The van der Waals surface area contributed by atoms with Crippen molar-refractivity contribution in [3.05, 3.63) is 34.0 Å². The number of nitrogens with one attached hydrogen (secondary N) is 1. The van der Waals surface area contributed by atoms with Crippen molar-refractivity contribution in [3.63, 3.8) is 0 Å². The molecule has 0 saturated heterocycles. The van der Waals surface area contributed by atoms with Gasteiger partial charge in [0.2, 0.25) is 0 Å². The van der Waals surface area contributed by atoms with Crippen molar-refractivity contribution < 1.29 is 4.79 Å². The SMILES string of the molecule is N#C/C(C(N)=O)=c1/cc(NC2CCCCC2)cc2c1=N[C@]13CCCC[C@@H]1CC1=C(CCCC1)N23. The van der Waals surface area contributed by atoms with Gasteiger partial charge in [-0.2, -0.15) is 5.26 Å². The lowest BCUT2D eigenvalue weighted by molar-refractivity contribution is -0.112. The van der Waals surface area contributed by atoms with Crippen LogP contribution in [0, 0.1) is 17.2 Å². The summed E-state index contributed by atoms with van der Waals surface area (Å²) < 4.78 is 0. The maximum Gasteiger partial charge on any atom is 0.260 e. The molecule has 2 aliphatic heterocycles. The lowest BCUT2D eigenvalue weighted by Gasteiger charge is -2.52. The first-order chi connectivity index (χ1) is 16.6. The highest BCUT2D eigenvalue weighted by atomic mass is 16.1. The van der Waals surface area contributed by atoms with Crippen molar-refractivity contribution in [2.24, 2.45) is 16.6 Å². The van der Waals surface area contributed by atoms with E-state index >= 15 is 0 Å². The third kappa shape index (κ3) is 3.35. The van der Waals surface area contributed by atoms with E-state index in [-0.39, 0.29) is 11.2 Å². The molecule has 3 aliphatic carbocycles. The van der Waals surface area contributed by atoms with Gasteiger partial charge in [0.1, 0.15) is 17.3 Å². The Morgan fingerprint density at radius 1 is 1.09 bits per heavy atom. The van der Waals surface area contributed by atoms with Crippen LogP contribution in [0.2, 0.25) is 0 Å². The van der Waals surface area contributed by atoms with E-state index in [4.69, 9.17) is 10.7 Å². The van der Waals surface area contributed by atoms with E-state index < -0.39 is 5.91 Å². The molecule has 2 atom stereocenters. The van der Waals surface area contributed by atoms with Gasteiger partial charge < -0.3 is 16.0 Å². The summed E-state index contributed by atoms with van der Waals surface area (Å²) in [6.07, 6.45) is 16.7. The molecule has 1 spiro atoms. The van der Waals surface area contributed by atoms with Crippen molar-refractivity contribution in [1.29, 1.82) is 5.26 Å². The smallest absolute Gasteiger partial charge is 0.260 e. The average molecular weight is 458 g/mol. The molecule has 178 valence electrons. The number of fused-ring (bicyclic) bond motifs is 3. The Morgan fingerprint density at radius 2 is 1.88 bits per heavy atom. The number of carbonyl (C=O) groups is 1. The molecule has 0 unspecified atom stereocenters. The van der Waals surface area contributed by atoms with Crippen LogP contribution in [0.1, 0.15) is 89.9 Å². The molecule has 1 aromatic rings. The third-order valence-electron chi connectivity index (χ3n) is 8.94. The Labute approximate surface area is 201 Å². The van der Waals surface area contributed by atoms with E-state index in [0.717, 1.165) is 48.8 Å². The Bertz CT molecular complexity index is 1220. The van der Waals surface area contributed by atoms with E-state index in [9.17, 15) is 10.1 Å². The van der Waals surface area contributed by atoms with E-state index in [0.29, 0.717) is 17.2 Å². The molecular weight excluding hydrogens is 422 g/mol. The van der Waals surface area contributed by atoms with Crippen LogP contribution in [0.4, 0.5) is 11.4 Å². The fraction of sp³-hybridized carbons (Fsp3) is 0.607. The molecule has 1 amide bonds. The van der Waals surface area contributed by atoms with Gasteiger partial charge in [0.15, 0.2) is 0 Å². The van der Waals surface area contributed by atoms with Gasteiger partial charge in [-0.25, -0.2) is 0 Å². The van der Waals surface area contributed by atoms with Crippen molar-refractivity contribution in [3.8, 4) is 6.07 Å². The second kappa shape index (κ2) is 8.45. The van der Waals surface area contributed by atoms with Crippen LogP contribution in [-0.2, 0) is 4.79 Å². The summed E-state index contributed by atoms with van der Waals surface area (Å²) in [4.78, 5) is 20.3. The van der Waals surface area contributed by atoms with Crippen LogP contribution in [0.5, 0.6) is 0 Å². The number of anilines is 2. The fourth-order valence-electron chi connectivity index (χ4n) is 7.40. The quantitative estimate of drug-likeness (QED) is 0.713. The van der Waals surface area contributed by atoms with Gasteiger partial charge in [-0.1, -0.05) is 31.3 Å². The van der Waals surface area contributed by atoms with Crippen LogP contribution in [0.25, 0.3) is 5.57 Å². The zero-order valence-corrected chi connectivity index (χ0v) is 20.0. The summed E-state index contributed by atoms with van der Waals surface area (Å²) in [5.41, 5.74) is 10.6. The minimum Gasteiger partial charge on any atom is -0.382 e. The highest BCUT2D eigenvalue weighted by molar-refractivity contribution is 6.17. The van der Waals surface area contributed by atoms with Crippen molar-refractivity contribution in [2.45, 2.75) is 102 Å². The Kier molecular flexibility index (Phi) is 5.39. The van der Waals surface area contributed by atoms with Crippen LogP contribution < -0.4 is 26.5 Å². The maximum atomic E-state index is 12.3. The Morgan fingerprint density at radius 3 is 2.68 bits per heavy atom. The molecule has 0 radical (unpaired) electrons. The van der Waals surface area contributed by atoms with Crippen LogP contribution in [-0.4, -0.2) is 17.6 Å². The maximum absolute atomic E-state index is 12.3. The monoisotopic (exact) mass is 457 g/mol. The van der Waals surface area contributed by atoms with Gasteiger partial charge >= 0.3 is 0 Å². The molecule has 0 bridgehead atoms. The number of hydrogen-bond donors (Lipinski definition) is 2. The number of amides is 1. The standard InChI is InChI=1S/C28H35N5O/c29-17-23(27(30)34)22-15-21(31-20-10-2-1-3-11-20)16-25-26(22)32-28-13-7-6-9-19(28)14-18-8-4-5-12-24(18)33(25)28/h15-16,19-20,31H,1-14H2,(H2,30,34)/b23-22+/t19-,28+/m1/s1. The highest BCUT2D eigenvalue weighted by Gasteiger charge is 2.53. The number of nitriles is 1. The first-order valence-electron chi connectivity index (χ1n) is 13.4. The molecule has 1 aromatic carbocycles. The highest BCUT2D eigenvalue weighted by Crippen LogP contribution is 2.54. The molecule has 6 heteroatoms. The Balaban J connectivity index is 1.59. The topological polar surface area (TPSA) is 94.5 Å². The molecule has 6 nitrogen and oxygen atoms in total. The summed E-state index contributed by atoms with van der Waals surface area (Å²) in [7, 11) is 0. The average Bonchev–Trinajstić information content (AvgIpc) is 3.18. The molecule has 3 N–H and O–H groups in total. The number of nitrogens with two attached hydrogens (primary N) is 1. The first-order valence-corrected chi connectivity index (χ1v) is 13.4. The molecule has 0 aromatic heterocycles. The van der Waals surface area contributed by atoms with Gasteiger partial charge in [0, 0.05) is 28.6 Å². The first kappa shape index (κ1) is 21.7. The predicted molar refractivity (Wildman–Crippen MR) is 133 cm³/mol. The summed E-state index contributed by atoms with van der Waals surface area (Å²) in [6, 6.07) is 6.75. The molecular formula is C28H35N5O. The number of primary amides is 1. The third-order valence-corrected chi connectivity index (χ3v) is 8.94. The number of hydrogen-bond acceptors (Lipinski definition) is 5. The zero-order chi connectivity index (χ0) is 23.3. The Hall–Kier alpha value is -2.81. The second-order valence-electron chi connectivity index (χ2n) is 11.0.